The van der Waals surface area contributed by atoms with E-state index in [9.17, 15) is 4.79 Å². The number of carbonyl (C=O) groups excluding carboxylic acids is 1. The van der Waals surface area contributed by atoms with Gasteiger partial charge in [0.05, 0.1) is 12.8 Å². The van der Waals surface area contributed by atoms with E-state index in [0.29, 0.717) is 17.3 Å². The minimum Gasteiger partial charge on any atom is -0.390 e. The zero-order valence-corrected chi connectivity index (χ0v) is 11.8. The summed E-state index contributed by atoms with van der Waals surface area (Å²) in [5, 5.41) is 17.0. The van der Waals surface area contributed by atoms with Crippen LogP contribution in [0.4, 0.5) is 0 Å². The fourth-order valence-corrected chi connectivity index (χ4v) is 1.96. The number of amides is 1. The molecular weight excluding hydrogens is 280 g/mol. The van der Waals surface area contributed by atoms with Crippen molar-refractivity contribution < 1.29 is 9.90 Å². The molecule has 0 aliphatic heterocycles. The highest BCUT2D eigenvalue weighted by Crippen LogP contribution is 2.12. The molecule has 20 heavy (non-hydrogen) atoms. The molecule has 1 aromatic heterocycles. The molecule has 0 fully saturated rings. The lowest BCUT2D eigenvalue weighted by molar-refractivity contribution is -0.131. The van der Waals surface area contributed by atoms with Crippen LogP contribution in [0.5, 0.6) is 0 Å². The molecule has 0 aliphatic carbocycles. The smallest absolute Gasteiger partial charge is 0.244 e. The van der Waals surface area contributed by atoms with E-state index in [1.54, 1.807) is 24.2 Å². The first-order chi connectivity index (χ1) is 9.58. The van der Waals surface area contributed by atoms with Crippen molar-refractivity contribution in [2.45, 2.75) is 19.7 Å². The largest absolute Gasteiger partial charge is 0.390 e. The van der Waals surface area contributed by atoms with Gasteiger partial charge in [-0.15, -0.1) is 5.10 Å². The van der Waals surface area contributed by atoms with Crippen LogP contribution in [0.15, 0.2) is 30.5 Å². The van der Waals surface area contributed by atoms with Crippen LogP contribution in [0.1, 0.15) is 11.3 Å². The number of hydrogen-bond donors (Lipinski definition) is 1. The second-order valence-corrected chi connectivity index (χ2v) is 4.88. The molecule has 0 aliphatic rings. The minimum absolute atomic E-state index is 0.0874. The molecule has 1 amide bonds. The van der Waals surface area contributed by atoms with Gasteiger partial charge in [-0.2, -0.15) is 0 Å². The number of hydrogen-bond acceptors (Lipinski definition) is 4. The predicted octanol–water partition coefficient (Wildman–Crippen LogP) is 1.08. The van der Waals surface area contributed by atoms with Gasteiger partial charge in [-0.3, -0.25) is 4.79 Å². The van der Waals surface area contributed by atoms with Crippen molar-refractivity contribution in [2.24, 2.45) is 0 Å². The third kappa shape index (κ3) is 3.79. The lowest BCUT2D eigenvalue weighted by Crippen LogP contribution is -2.30. The van der Waals surface area contributed by atoms with E-state index in [4.69, 9.17) is 16.7 Å². The summed E-state index contributed by atoms with van der Waals surface area (Å²) in [5.74, 6) is -0.0978. The average molecular weight is 295 g/mol. The first kappa shape index (κ1) is 14.5. The van der Waals surface area contributed by atoms with Crippen molar-refractivity contribution in [3.8, 4) is 0 Å². The van der Waals surface area contributed by atoms with E-state index in [1.807, 2.05) is 18.2 Å². The zero-order chi connectivity index (χ0) is 14.5. The molecule has 1 N–H and O–H groups in total. The number of aromatic nitrogens is 3. The molecule has 2 rings (SSSR count). The summed E-state index contributed by atoms with van der Waals surface area (Å²) in [4.78, 5) is 13.6. The summed E-state index contributed by atoms with van der Waals surface area (Å²) in [5.41, 5.74) is 1.40. The lowest BCUT2D eigenvalue weighted by atomic mass is 10.2. The number of carbonyl (C=O) groups is 1. The van der Waals surface area contributed by atoms with Crippen molar-refractivity contribution in [1.29, 1.82) is 0 Å². The van der Waals surface area contributed by atoms with Crippen molar-refractivity contribution in [1.82, 2.24) is 19.9 Å². The van der Waals surface area contributed by atoms with Crippen molar-refractivity contribution in [3.05, 3.63) is 46.7 Å². The highest BCUT2D eigenvalue weighted by atomic mass is 35.5. The van der Waals surface area contributed by atoms with Crippen molar-refractivity contribution in [3.63, 3.8) is 0 Å². The van der Waals surface area contributed by atoms with Crippen LogP contribution in [0, 0.1) is 0 Å². The topological polar surface area (TPSA) is 71.2 Å². The van der Waals surface area contributed by atoms with Crippen LogP contribution in [0.2, 0.25) is 5.02 Å². The normalized spacial score (nSPS) is 10.6. The molecule has 0 bridgehead atoms. The molecule has 1 aromatic carbocycles. The van der Waals surface area contributed by atoms with Gasteiger partial charge in [0.25, 0.3) is 0 Å². The van der Waals surface area contributed by atoms with Crippen LogP contribution in [0.25, 0.3) is 0 Å². The van der Waals surface area contributed by atoms with Gasteiger partial charge in [-0.05, 0) is 17.7 Å². The van der Waals surface area contributed by atoms with Gasteiger partial charge in [-0.1, -0.05) is 28.9 Å². The Balaban J connectivity index is 1.95. The Morgan fingerprint density at radius 1 is 1.50 bits per heavy atom. The Bertz CT molecular complexity index is 600. The Morgan fingerprint density at radius 2 is 2.30 bits per heavy atom. The molecular formula is C13H15ClN4O2. The average Bonchev–Trinajstić information content (AvgIpc) is 2.86. The third-order valence-corrected chi connectivity index (χ3v) is 3.01. The molecule has 1 heterocycles. The number of rotatable bonds is 5. The number of benzene rings is 1. The number of likely N-dealkylation sites (N-methyl/N-ethyl adjacent to an activating group) is 1. The number of halogens is 1. The van der Waals surface area contributed by atoms with E-state index in [2.05, 4.69) is 10.3 Å². The van der Waals surface area contributed by atoms with E-state index >= 15 is 0 Å². The fourth-order valence-electron chi connectivity index (χ4n) is 1.74. The lowest BCUT2D eigenvalue weighted by Gasteiger charge is -2.17. The number of aliphatic hydroxyl groups is 1. The van der Waals surface area contributed by atoms with Gasteiger partial charge in [0.1, 0.15) is 12.2 Å². The first-order valence-electron chi connectivity index (χ1n) is 6.07. The molecule has 7 heteroatoms. The van der Waals surface area contributed by atoms with E-state index < -0.39 is 0 Å². The number of aliphatic hydroxyl groups excluding tert-OH is 1. The van der Waals surface area contributed by atoms with Crippen LogP contribution in [-0.4, -0.2) is 38.0 Å². The maximum Gasteiger partial charge on any atom is 0.244 e. The maximum atomic E-state index is 12.0. The van der Waals surface area contributed by atoms with Gasteiger partial charge in [-0.25, -0.2) is 4.68 Å². The third-order valence-electron chi connectivity index (χ3n) is 2.78. The quantitative estimate of drug-likeness (QED) is 0.896. The van der Waals surface area contributed by atoms with E-state index in [-0.39, 0.29) is 19.1 Å². The molecule has 0 unspecified atom stereocenters. The fraction of sp³-hybridized carbons (Fsp3) is 0.308. The predicted molar refractivity (Wildman–Crippen MR) is 73.9 cm³/mol. The van der Waals surface area contributed by atoms with Crippen molar-refractivity contribution in [2.75, 3.05) is 7.05 Å². The summed E-state index contributed by atoms with van der Waals surface area (Å²) in [7, 11) is 1.72. The van der Waals surface area contributed by atoms with Crippen LogP contribution in [0.3, 0.4) is 0 Å². The SMILES string of the molecule is CN(Cc1cccc(Cl)c1)C(=O)Cn1cc(CO)nn1. The Morgan fingerprint density at radius 3 is 2.95 bits per heavy atom. The highest BCUT2D eigenvalue weighted by Gasteiger charge is 2.11. The molecule has 0 saturated carbocycles. The molecule has 0 spiro atoms. The van der Waals surface area contributed by atoms with Crippen LogP contribution >= 0.6 is 11.6 Å². The summed E-state index contributed by atoms with van der Waals surface area (Å²) in [6.45, 7) is 0.373. The molecule has 106 valence electrons. The summed E-state index contributed by atoms with van der Waals surface area (Å²) >= 11 is 5.91. The van der Waals surface area contributed by atoms with E-state index in [1.165, 1.54) is 4.68 Å². The standard InChI is InChI=1S/C13H15ClN4O2/c1-17(6-10-3-2-4-11(14)5-10)13(20)8-18-7-12(9-19)15-16-18/h2-5,7,19H,6,8-9H2,1H3. The second-order valence-electron chi connectivity index (χ2n) is 4.45. The highest BCUT2D eigenvalue weighted by molar-refractivity contribution is 6.30. The molecule has 0 radical (unpaired) electrons. The van der Waals surface area contributed by atoms with E-state index in [0.717, 1.165) is 5.56 Å². The monoisotopic (exact) mass is 294 g/mol. The Kier molecular flexibility index (Phi) is 4.70. The molecule has 6 nitrogen and oxygen atoms in total. The minimum atomic E-state index is -0.188. The van der Waals surface area contributed by atoms with Crippen LogP contribution in [-0.2, 0) is 24.5 Å². The van der Waals surface area contributed by atoms with Crippen LogP contribution < -0.4 is 0 Å². The van der Waals surface area contributed by atoms with Gasteiger partial charge in [0.2, 0.25) is 5.91 Å². The summed E-state index contributed by atoms with van der Waals surface area (Å²) in [6.07, 6.45) is 1.55. The zero-order valence-electron chi connectivity index (χ0n) is 11.0. The molecule has 0 saturated heterocycles. The first-order valence-corrected chi connectivity index (χ1v) is 6.44. The summed E-state index contributed by atoms with van der Waals surface area (Å²) < 4.78 is 1.41. The van der Waals surface area contributed by atoms with Gasteiger partial charge >= 0.3 is 0 Å². The Labute approximate surface area is 121 Å². The second kappa shape index (κ2) is 6.49. The van der Waals surface area contributed by atoms with Crippen molar-refractivity contribution >= 4 is 17.5 Å². The van der Waals surface area contributed by atoms with Gasteiger partial charge in [0.15, 0.2) is 0 Å². The molecule has 2 aromatic rings. The number of nitrogens with zero attached hydrogens (tertiary/aromatic N) is 4. The van der Waals surface area contributed by atoms with Gasteiger partial charge < -0.3 is 10.0 Å². The maximum absolute atomic E-state index is 12.0. The summed E-state index contributed by atoms with van der Waals surface area (Å²) in [6, 6.07) is 7.37. The Hall–Kier alpha value is -1.92. The van der Waals surface area contributed by atoms with Gasteiger partial charge in [0, 0.05) is 18.6 Å². The molecule has 0 atom stereocenters.